The Morgan fingerprint density at radius 3 is 2.79 bits per heavy atom. The fourth-order valence-corrected chi connectivity index (χ4v) is 1.13. The van der Waals surface area contributed by atoms with Crippen LogP contribution >= 0.6 is 0 Å². The molecule has 0 heterocycles. The predicted molar refractivity (Wildman–Crippen MR) is 52.1 cm³/mol. The van der Waals surface area contributed by atoms with E-state index in [0.717, 1.165) is 12.0 Å². The molecular formula is C11H12O3. The summed E-state index contributed by atoms with van der Waals surface area (Å²) in [6.07, 6.45) is 1.14. The molecule has 3 nitrogen and oxygen atoms in total. The highest BCUT2D eigenvalue weighted by Crippen LogP contribution is 2.18. The van der Waals surface area contributed by atoms with E-state index < -0.39 is 5.97 Å². The molecule has 0 aromatic heterocycles. The van der Waals surface area contributed by atoms with E-state index in [2.05, 4.69) is 0 Å². The smallest absolute Gasteiger partial charge is 0.318 e. The Hall–Kier alpha value is -1.64. The van der Waals surface area contributed by atoms with Gasteiger partial charge in [0.1, 0.15) is 18.5 Å². The average Bonchev–Trinajstić information content (AvgIpc) is 2.19. The Bertz CT molecular complexity index is 331. The van der Waals surface area contributed by atoms with E-state index in [1.54, 1.807) is 12.1 Å². The molecule has 0 aliphatic rings. The molecule has 0 bridgehead atoms. The van der Waals surface area contributed by atoms with Gasteiger partial charge in [-0.25, -0.2) is 0 Å². The van der Waals surface area contributed by atoms with Gasteiger partial charge in [0.2, 0.25) is 0 Å². The minimum Gasteiger partial charge on any atom is -0.426 e. The van der Waals surface area contributed by atoms with Crippen LogP contribution in [0.25, 0.3) is 0 Å². The van der Waals surface area contributed by atoms with E-state index >= 15 is 0 Å². The van der Waals surface area contributed by atoms with Crippen LogP contribution in [0.1, 0.15) is 18.9 Å². The van der Waals surface area contributed by atoms with Gasteiger partial charge in [-0.15, -0.1) is 0 Å². The number of ether oxygens (including phenoxy) is 1. The molecule has 1 aromatic rings. The topological polar surface area (TPSA) is 43.4 Å². The summed E-state index contributed by atoms with van der Waals surface area (Å²) in [6.45, 7) is 1.98. The molecule has 0 fully saturated rings. The lowest BCUT2D eigenvalue weighted by molar-refractivity contribution is -0.135. The van der Waals surface area contributed by atoms with E-state index in [0.29, 0.717) is 12.0 Å². The molecule has 74 valence electrons. The summed E-state index contributed by atoms with van der Waals surface area (Å²) in [5, 5.41) is 0. The van der Waals surface area contributed by atoms with Crippen molar-refractivity contribution < 1.29 is 14.3 Å². The number of benzene rings is 1. The first-order valence-corrected chi connectivity index (χ1v) is 4.50. The molecule has 0 N–H and O–H groups in total. The van der Waals surface area contributed by atoms with Crippen LogP contribution in [0.2, 0.25) is 0 Å². The minimum absolute atomic E-state index is 0.196. The van der Waals surface area contributed by atoms with Crippen LogP contribution in [-0.4, -0.2) is 12.3 Å². The Kier molecular flexibility index (Phi) is 3.85. The zero-order valence-corrected chi connectivity index (χ0v) is 8.03. The SMILES string of the molecule is CCc1ccccc1OC(=O)CC=O. The molecular weight excluding hydrogens is 180 g/mol. The lowest BCUT2D eigenvalue weighted by Crippen LogP contribution is -2.09. The Morgan fingerprint density at radius 1 is 1.43 bits per heavy atom. The molecule has 0 aliphatic heterocycles. The van der Waals surface area contributed by atoms with Gasteiger partial charge in [0.15, 0.2) is 0 Å². The van der Waals surface area contributed by atoms with Gasteiger partial charge in [0.25, 0.3) is 0 Å². The number of rotatable bonds is 4. The van der Waals surface area contributed by atoms with Crippen LogP contribution in [0.3, 0.4) is 0 Å². The molecule has 0 radical (unpaired) electrons. The summed E-state index contributed by atoms with van der Waals surface area (Å²) in [7, 11) is 0. The van der Waals surface area contributed by atoms with Crippen LogP contribution in [0.15, 0.2) is 24.3 Å². The molecule has 1 rings (SSSR count). The third kappa shape index (κ3) is 2.69. The van der Waals surface area contributed by atoms with E-state index in [9.17, 15) is 9.59 Å². The highest BCUT2D eigenvalue weighted by atomic mass is 16.5. The summed E-state index contributed by atoms with van der Waals surface area (Å²) in [6, 6.07) is 7.30. The lowest BCUT2D eigenvalue weighted by Gasteiger charge is -2.06. The lowest BCUT2D eigenvalue weighted by atomic mass is 10.1. The maximum atomic E-state index is 11.0. The van der Waals surface area contributed by atoms with E-state index in [4.69, 9.17) is 4.74 Å². The molecule has 0 aliphatic carbocycles. The Morgan fingerprint density at radius 2 is 2.14 bits per heavy atom. The molecule has 0 spiro atoms. The van der Waals surface area contributed by atoms with Crippen molar-refractivity contribution in [2.45, 2.75) is 19.8 Å². The molecule has 0 unspecified atom stereocenters. The fourth-order valence-electron chi connectivity index (χ4n) is 1.13. The molecule has 0 saturated carbocycles. The standard InChI is InChI=1S/C11H12O3/c1-2-9-5-3-4-6-10(9)14-11(13)7-8-12/h3-6,8H,2,7H2,1H3. The van der Waals surface area contributed by atoms with Crippen molar-refractivity contribution in [1.29, 1.82) is 0 Å². The van der Waals surface area contributed by atoms with Gasteiger partial charge in [-0.3, -0.25) is 4.79 Å². The normalized spacial score (nSPS) is 9.50. The number of hydrogen-bond donors (Lipinski definition) is 0. The van der Waals surface area contributed by atoms with Crippen molar-refractivity contribution in [3.05, 3.63) is 29.8 Å². The molecule has 0 saturated heterocycles. The van der Waals surface area contributed by atoms with Gasteiger partial charge in [-0.05, 0) is 18.1 Å². The molecule has 0 atom stereocenters. The minimum atomic E-state index is -0.513. The molecule has 1 aromatic carbocycles. The van der Waals surface area contributed by atoms with Gasteiger partial charge in [0.05, 0.1) is 0 Å². The van der Waals surface area contributed by atoms with Crippen LogP contribution < -0.4 is 4.74 Å². The van der Waals surface area contributed by atoms with Gasteiger partial charge in [-0.1, -0.05) is 25.1 Å². The maximum Gasteiger partial charge on any atom is 0.318 e. The largest absolute Gasteiger partial charge is 0.426 e. The van der Waals surface area contributed by atoms with Crippen molar-refractivity contribution in [2.75, 3.05) is 0 Å². The second kappa shape index (κ2) is 5.17. The number of aryl methyl sites for hydroxylation is 1. The predicted octanol–water partition coefficient (Wildman–Crippen LogP) is 1.74. The third-order valence-electron chi connectivity index (χ3n) is 1.83. The quantitative estimate of drug-likeness (QED) is 0.316. The number of esters is 1. The van der Waals surface area contributed by atoms with Crippen molar-refractivity contribution >= 4 is 12.3 Å². The first kappa shape index (κ1) is 10.4. The van der Waals surface area contributed by atoms with Crippen molar-refractivity contribution in [3.63, 3.8) is 0 Å². The zero-order chi connectivity index (χ0) is 10.4. The Labute approximate surface area is 82.7 Å². The monoisotopic (exact) mass is 192 g/mol. The fraction of sp³-hybridized carbons (Fsp3) is 0.273. The van der Waals surface area contributed by atoms with E-state index in [1.807, 2.05) is 19.1 Å². The second-order valence-electron chi connectivity index (χ2n) is 2.81. The number of aldehydes is 1. The summed E-state index contributed by atoms with van der Waals surface area (Å²) in [5.41, 5.74) is 0.965. The highest BCUT2D eigenvalue weighted by Gasteiger charge is 2.06. The summed E-state index contributed by atoms with van der Waals surface area (Å²) in [4.78, 5) is 21.1. The third-order valence-corrected chi connectivity index (χ3v) is 1.83. The molecule has 3 heteroatoms. The van der Waals surface area contributed by atoms with Gasteiger partial charge >= 0.3 is 5.97 Å². The summed E-state index contributed by atoms with van der Waals surface area (Å²) in [5.74, 6) is 0.0303. The number of carbonyl (C=O) groups is 2. The second-order valence-corrected chi connectivity index (χ2v) is 2.81. The zero-order valence-electron chi connectivity index (χ0n) is 8.03. The van der Waals surface area contributed by atoms with Crippen LogP contribution in [-0.2, 0) is 16.0 Å². The van der Waals surface area contributed by atoms with Crippen LogP contribution in [0.4, 0.5) is 0 Å². The number of carbonyl (C=O) groups excluding carboxylic acids is 2. The summed E-state index contributed by atoms with van der Waals surface area (Å²) >= 11 is 0. The van der Waals surface area contributed by atoms with Gasteiger partial charge < -0.3 is 9.53 Å². The van der Waals surface area contributed by atoms with Crippen molar-refractivity contribution in [1.82, 2.24) is 0 Å². The number of hydrogen-bond acceptors (Lipinski definition) is 3. The van der Waals surface area contributed by atoms with Gasteiger partial charge in [-0.2, -0.15) is 0 Å². The van der Waals surface area contributed by atoms with Crippen LogP contribution in [0.5, 0.6) is 5.75 Å². The van der Waals surface area contributed by atoms with Gasteiger partial charge in [0, 0.05) is 0 Å². The highest BCUT2D eigenvalue weighted by molar-refractivity contribution is 5.85. The Balaban J connectivity index is 2.74. The summed E-state index contributed by atoms with van der Waals surface area (Å²) < 4.78 is 5.01. The van der Waals surface area contributed by atoms with Crippen molar-refractivity contribution in [2.24, 2.45) is 0 Å². The van der Waals surface area contributed by atoms with E-state index in [1.165, 1.54) is 0 Å². The van der Waals surface area contributed by atoms with Crippen LogP contribution in [0, 0.1) is 0 Å². The molecule has 14 heavy (non-hydrogen) atoms. The number of para-hydroxylation sites is 1. The average molecular weight is 192 g/mol. The maximum absolute atomic E-state index is 11.0. The van der Waals surface area contributed by atoms with Crippen molar-refractivity contribution in [3.8, 4) is 5.75 Å². The molecule has 0 amide bonds. The first-order chi connectivity index (χ1) is 6.77. The first-order valence-electron chi connectivity index (χ1n) is 4.50. The van der Waals surface area contributed by atoms with E-state index in [-0.39, 0.29) is 6.42 Å².